The van der Waals surface area contributed by atoms with Crippen molar-refractivity contribution in [3.05, 3.63) is 57.1 Å². The fourth-order valence-electron chi connectivity index (χ4n) is 2.37. The quantitative estimate of drug-likeness (QED) is 0.344. The Morgan fingerprint density at radius 1 is 1.22 bits per heavy atom. The lowest BCUT2D eigenvalue weighted by atomic mass is 10.1. The molecule has 0 saturated heterocycles. The van der Waals surface area contributed by atoms with Crippen LogP contribution in [0.25, 0.3) is 0 Å². The first-order valence-corrected chi connectivity index (χ1v) is 7.89. The molecule has 1 amide bonds. The highest BCUT2D eigenvalue weighted by Crippen LogP contribution is 2.32. The molecule has 0 aliphatic rings. The summed E-state index contributed by atoms with van der Waals surface area (Å²) in [7, 11) is 1.29. The van der Waals surface area contributed by atoms with Crippen LogP contribution in [-0.2, 0) is 9.53 Å². The molecule has 0 aliphatic carbocycles. The number of nitrogens with two attached hydrogens (primary N) is 1. The number of anilines is 2. The van der Waals surface area contributed by atoms with Gasteiger partial charge in [-0.15, -0.1) is 0 Å². The van der Waals surface area contributed by atoms with Gasteiger partial charge in [0.1, 0.15) is 0 Å². The first kappa shape index (κ1) is 19.7. The van der Waals surface area contributed by atoms with Gasteiger partial charge in [0.05, 0.1) is 17.6 Å². The number of nitro groups is 1. The van der Waals surface area contributed by atoms with Gasteiger partial charge >= 0.3 is 11.7 Å². The highest BCUT2D eigenvalue weighted by Gasteiger charge is 2.19. The van der Waals surface area contributed by atoms with Crippen molar-refractivity contribution >= 4 is 28.9 Å². The van der Waals surface area contributed by atoms with Crippen LogP contribution in [0.5, 0.6) is 5.75 Å². The molecule has 0 unspecified atom stereocenters. The molecule has 0 atom stereocenters. The standard InChI is InChI=1S/C18H19N3O6/c1-10-5-4-6-12(17(10)19)18(23)27-9-16(22)20-13-8-15(26-3)14(21(24)25)7-11(13)2/h4-8H,9,19H2,1-3H3,(H,20,22). The molecule has 3 N–H and O–H groups in total. The van der Waals surface area contributed by atoms with Crippen LogP contribution < -0.4 is 15.8 Å². The third-order valence-corrected chi connectivity index (χ3v) is 3.88. The highest BCUT2D eigenvalue weighted by atomic mass is 16.6. The predicted molar refractivity (Wildman–Crippen MR) is 98.9 cm³/mol. The second-order valence-corrected chi connectivity index (χ2v) is 5.76. The number of amides is 1. The van der Waals surface area contributed by atoms with Gasteiger partial charge in [-0.25, -0.2) is 4.79 Å². The maximum atomic E-state index is 12.1. The van der Waals surface area contributed by atoms with Crippen molar-refractivity contribution < 1.29 is 24.0 Å². The summed E-state index contributed by atoms with van der Waals surface area (Å²) in [4.78, 5) is 34.6. The molecule has 27 heavy (non-hydrogen) atoms. The summed E-state index contributed by atoms with van der Waals surface area (Å²) in [6.45, 7) is 2.82. The monoisotopic (exact) mass is 373 g/mol. The molecule has 0 fully saturated rings. The van der Waals surface area contributed by atoms with Crippen LogP contribution in [0.2, 0.25) is 0 Å². The predicted octanol–water partition coefficient (Wildman–Crippen LogP) is 2.60. The van der Waals surface area contributed by atoms with E-state index < -0.39 is 23.4 Å². The van der Waals surface area contributed by atoms with Crippen molar-refractivity contribution in [3.8, 4) is 5.75 Å². The van der Waals surface area contributed by atoms with Crippen molar-refractivity contribution in [1.29, 1.82) is 0 Å². The molecule has 2 rings (SSSR count). The minimum atomic E-state index is -0.718. The van der Waals surface area contributed by atoms with E-state index in [9.17, 15) is 19.7 Å². The first-order chi connectivity index (χ1) is 12.7. The van der Waals surface area contributed by atoms with E-state index in [-0.39, 0.29) is 17.0 Å². The molecule has 0 aliphatic heterocycles. The number of carbonyl (C=O) groups is 2. The molecule has 9 nitrogen and oxygen atoms in total. The Hall–Kier alpha value is -3.62. The largest absolute Gasteiger partial charge is 0.490 e. The third-order valence-electron chi connectivity index (χ3n) is 3.88. The Morgan fingerprint density at radius 3 is 2.56 bits per heavy atom. The van der Waals surface area contributed by atoms with Crippen LogP contribution >= 0.6 is 0 Å². The van der Waals surface area contributed by atoms with Gasteiger partial charge in [-0.1, -0.05) is 12.1 Å². The molecule has 2 aromatic carbocycles. The van der Waals surface area contributed by atoms with E-state index in [1.54, 1.807) is 26.0 Å². The second kappa shape index (κ2) is 8.17. The van der Waals surface area contributed by atoms with Crippen molar-refractivity contribution in [2.45, 2.75) is 13.8 Å². The fourth-order valence-corrected chi connectivity index (χ4v) is 2.37. The van der Waals surface area contributed by atoms with E-state index in [1.165, 1.54) is 25.3 Å². The van der Waals surface area contributed by atoms with Gasteiger partial charge in [0, 0.05) is 23.5 Å². The average Bonchev–Trinajstić information content (AvgIpc) is 2.63. The number of nitro benzene ring substituents is 1. The lowest BCUT2D eigenvalue weighted by molar-refractivity contribution is -0.385. The number of aryl methyl sites for hydroxylation is 2. The number of nitrogens with zero attached hydrogens (tertiary/aromatic N) is 1. The van der Waals surface area contributed by atoms with Gasteiger partial charge in [0.15, 0.2) is 12.4 Å². The van der Waals surface area contributed by atoms with Crippen LogP contribution in [0.4, 0.5) is 17.1 Å². The number of nitrogens with one attached hydrogen (secondary N) is 1. The van der Waals surface area contributed by atoms with E-state index in [2.05, 4.69) is 5.32 Å². The lowest BCUT2D eigenvalue weighted by Crippen LogP contribution is -2.22. The topological polar surface area (TPSA) is 134 Å². The van der Waals surface area contributed by atoms with E-state index >= 15 is 0 Å². The zero-order chi connectivity index (χ0) is 20.1. The zero-order valence-electron chi connectivity index (χ0n) is 15.1. The van der Waals surface area contributed by atoms with Gasteiger partial charge in [0.2, 0.25) is 0 Å². The SMILES string of the molecule is COc1cc(NC(=O)COC(=O)c2cccc(C)c2N)c(C)cc1[N+](=O)[O-]. The number of hydrogen-bond acceptors (Lipinski definition) is 7. The Bertz CT molecular complexity index is 910. The van der Waals surface area contributed by atoms with E-state index in [0.717, 1.165) is 5.56 Å². The number of benzene rings is 2. The minimum Gasteiger partial charge on any atom is -0.490 e. The van der Waals surface area contributed by atoms with Crippen LogP contribution in [0, 0.1) is 24.0 Å². The summed E-state index contributed by atoms with van der Waals surface area (Å²) in [5, 5.41) is 13.5. The second-order valence-electron chi connectivity index (χ2n) is 5.76. The molecule has 0 heterocycles. The molecule has 0 aromatic heterocycles. The van der Waals surface area contributed by atoms with Crippen molar-refractivity contribution in [1.82, 2.24) is 0 Å². The van der Waals surface area contributed by atoms with Gasteiger partial charge in [0.25, 0.3) is 5.91 Å². The van der Waals surface area contributed by atoms with E-state index in [0.29, 0.717) is 16.9 Å². The van der Waals surface area contributed by atoms with Crippen LogP contribution in [-0.4, -0.2) is 30.5 Å². The Kier molecular flexibility index (Phi) is 5.96. The maximum Gasteiger partial charge on any atom is 0.340 e. The molecule has 0 bridgehead atoms. The lowest BCUT2D eigenvalue weighted by Gasteiger charge is -2.12. The number of rotatable bonds is 6. The van der Waals surface area contributed by atoms with Gasteiger partial charge < -0.3 is 20.5 Å². The number of methoxy groups -OCH3 is 1. The minimum absolute atomic E-state index is 0.00503. The summed E-state index contributed by atoms with van der Waals surface area (Å²) in [5.74, 6) is -1.32. The summed E-state index contributed by atoms with van der Waals surface area (Å²) >= 11 is 0. The molecule has 0 spiro atoms. The van der Waals surface area contributed by atoms with Crippen LogP contribution in [0.1, 0.15) is 21.5 Å². The summed E-state index contributed by atoms with van der Waals surface area (Å²) in [6, 6.07) is 7.55. The molecule has 0 radical (unpaired) electrons. The number of nitrogen functional groups attached to an aromatic ring is 1. The number of para-hydroxylation sites is 1. The van der Waals surface area contributed by atoms with Crippen LogP contribution in [0.3, 0.4) is 0 Å². The smallest absolute Gasteiger partial charge is 0.340 e. The van der Waals surface area contributed by atoms with Gasteiger partial charge in [-0.05, 0) is 31.0 Å². The normalized spacial score (nSPS) is 10.2. The number of esters is 1. The van der Waals surface area contributed by atoms with Crippen molar-refractivity contribution in [3.63, 3.8) is 0 Å². The third kappa shape index (κ3) is 4.51. The number of hydrogen-bond donors (Lipinski definition) is 2. The molecule has 9 heteroatoms. The Morgan fingerprint density at radius 2 is 1.93 bits per heavy atom. The number of ether oxygens (including phenoxy) is 2. The van der Waals surface area contributed by atoms with Gasteiger partial charge in [-0.2, -0.15) is 0 Å². The Labute approximate surface area is 155 Å². The molecule has 0 saturated carbocycles. The highest BCUT2D eigenvalue weighted by molar-refractivity contribution is 5.99. The first-order valence-electron chi connectivity index (χ1n) is 7.89. The maximum absolute atomic E-state index is 12.1. The van der Waals surface area contributed by atoms with Crippen LogP contribution in [0.15, 0.2) is 30.3 Å². The fraction of sp³-hybridized carbons (Fsp3) is 0.222. The van der Waals surface area contributed by atoms with E-state index in [4.69, 9.17) is 15.2 Å². The van der Waals surface area contributed by atoms with Gasteiger partial charge in [-0.3, -0.25) is 14.9 Å². The number of carbonyl (C=O) groups excluding carboxylic acids is 2. The van der Waals surface area contributed by atoms with Crippen molar-refractivity contribution in [2.24, 2.45) is 0 Å². The summed E-state index contributed by atoms with van der Waals surface area (Å²) < 4.78 is 9.96. The van der Waals surface area contributed by atoms with E-state index in [1.807, 2.05) is 0 Å². The van der Waals surface area contributed by atoms with Crippen molar-refractivity contribution in [2.75, 3.05) is 24.8 Å². The zero-order valence-corrected chi connectivity index (χ0v) is 15.1. The summed E-state index contributed by atoms with van der Waals surface area (Å²) in [6.07, 6.45) is 0. The Balaban J connectivity index is 2.07. The summed E-state index contributed by atoms with van der Waals surface area (Å²) in [5.41, 5.74) is 7.59. The average molecular weight is 373 g/mol. The molecule has 2 aromatic rings. The molecule has 142 valence electrons. The molecular weight excluding hydrogens is 354 g/mol. The molecular formula is C18H19N3O6.